The Balaban J connectivity index is 1.41. The van der Waals surface area contributed by atoms with Crippen molar-refractivity contribution >= 4 is 45.8 Å². The second-order valence-corrected chi connectivity index (χ2v) is 8.63. The molecule has 0 bridgehead atoms. The normalized spacial score (nSPS) is 11.0. The number of rotatable bonds is 4. The van der Waals surface area contributed by atoms with Gasteiger partial charge in [0.1, 0.15) is 5.82 Å². The molecule has 162 valence electrons. The average molecular weight is 472 g/mol. The summed E-state index contributed by atoms with van der Waals surface area (Å²) >= 11 is 12.4. The number of anilines is 1. The molecule has 0 aliphatic heterocycles. The molecule has 0 saturated carbocycles. The van der Waals surface area contributed by atoms with Crippen LogP contribution in [0.25, 0.3) is 33.5 Å². The minimum atomic E-state index is -0.187. The van der Waals surface area contributed by atoms with Gasteiger partial charge in [0.2, 0.25) is 0 Å². The number of para-hydroxylation sites is 2. The van der Waals surface area contributed by atoms with Crippen LogP contribution in [0.1, 0.15) is 15.9 Å². The third kappa shape index (κ3) is 4.36. The number of halogens is 2. The van der Waals surface area contributed by atoms with E-state index in [1.807, 2.05) is 79.7 Å². The highest BCUT2D eigenvalue weighted by Gasteiger charge is 2.14. The van der Waals surface area contributed by atoms with Crippen molar-refractivity contribution in [2.24, 2.45) is 0 Å². The minimum absolute atomic E-state index is 0.187. The van der Waals surface area contributed by atoms with Crippen molar-refractivity contribution in [2.75, 3.05) is 5.32 Å². The van der Waals surface area contributed by atoms with Gasteiger partial charge in [-0.1, -0.05) is 59.6 Å². The average Bonchev–Trinajstić information content (AvgIpc) is 3.25. The molecular weight excluding hydrogens is 453 g/mol. The Hall–Kier alpha value is -3.60. The number of hydrogen-bond acceptors (Lipinski definition) is 2. The number of aryl methyl sites for hydroxylation is 1. The molecule has 2 N–H and O–H groups in total. The van der Waals surface area contributed by atoms with E-state index in [-0.39, 0.29) is 5.91 Å². The highest BCUT2D eigenvalue weighted by molar-refractivity contribution is 6.33. The van der Waals surface area contributed by atoms with Gasteiger partial charge in [-0.15, -0.1) is 0 Å². The molecule has 0 fully saturated rings. The Morgan fingerprint density at radius 2 is 1.64 bits per heavy atom. The summed E-state index contributed by atoms with van der Waals surface area (Å²) in [7, 11) is 0. The van der Waals surface area contributed by atoms with E-state index >= 15 is 0 Å². The Kier molecular flexibility index (Phi) is 5.63. The van der Waals surface area contributed by atoms with Crippen LogP contribution >= 0.6 is 23.2 Å². The van der Waals surface area contributed by atoms with Gasteiger partial charge in [-0.2, -0.15) is 0 Å². The minimum Gasteiger partial charge on any atom is -0.338 e. The number of aromatic amines is 1. The first-order chi connectivity index (χ1) is 16.0. The lowest BCUT2D eigenvalue weighted by Gasteiger charge is -2.11. The molecule has 5 rings (SSSR count). The summed E-state index contributed by atoms with van der Waals surface area (Å²) in [5.41, 5.74) is 6.70. The number of nitrogens with zero attached hydrogens (tertiary/aromatic N) is 1. The largest absolute Gasteiger partial charge is 0.338 e. The van der Waals surface area contributed by atoms with Gasteiger partial charge >= 0.3 is 0 Å². The number of fused-ring (bicyclic) bond motifs is 1. The van der Waals surface area contributed by atoms with Crippen LogP contribution in [0.2, 0.25) is 10.0 Å². The van der Waals surface area contributed by atoms with Gasteiger partial charge in [-0.3, -0.25) is 4.79 Å². The highest BCUT2D eigenvalue weighted by Crippen LogP contribution is 2.31. The van der Waals surface area contributed by atoms with Gasteiger partial charge in [-0.25, -0.2) is 4.98 Å². The van der Waals surface area contributed by atoms with Gasteiger partial charge < -0.3 is 10.3 Å². The molecule has 4 nitrogen and oxygen atoms in total. The maximum atomic E-state index is 13.0. The van der Waals surface area contributed by atoms with Crippen molar-refractivity contribution in [3.8, 4) is 22.5 Å². The van der Waals surface area contributed by atoms with E-state index in [1.165, 1.54) is 0 Å². The smallest absolute Gasteiger partial charge is 0.255 e. The molecule has 0 atom stereocenters. The van der Waals surface area contributed by atoms with Crippen LogP contribution in [0.3, 0.4) is 0 Å². The summed E-state index contributed by atoms with van der Waals surface area (Å²) in [4.78, 5) is 20.9. The lowest BCUT2D eigenvalue weighted by atomic mass is 9.99. The molecule has 33 heavy (non-hydrogen) atoms. The fraction of sp³-hybridized carbons (Fsp3) is 0.0370. The predicted molar refractivity (Wildman–Crippen MR) is 136 cm³/mol. The fourth-order valence-electron chi connectivity index (χ4n) is 3.80. The summed E-state index contributed by atoms with van der Waals surface area (Å²) in [5, 5.41) is 4.22. The van der Waals surface area contributed by atoms with Crippen molar-refractivity contribution < 1.29 is 4.79 Å². The molecular formula is C27H19Cl2N3O. The monoisotopic (exact) mass is 471 g/mol. The Morgan fingerprint density at radius 3 is 2.39 bits per heavy atom. The van der Waals surface area contributed by atoms with E-state index < -0.39 is 0 Å². The first kappa shape index (κ1) is 21.3. The van der Waals surface area contributed by atoms with Crippen molar-refractivity contribution in [1.82, 2.24) is 9.97 Å². The number of carbonyl (C=O) groups is 1. The molecule has 0 spiro atoms. The molecule has 0 unspecified atom stereocenters. The van der Waals surface area contributed by atoms with Crippen molar-refractivity contribution in [3.05, 3.63) is 106 Å². The van der Waals surface area contributed by atoms with E-state index in [0.29, 0.717) is 27.1 Å². The van der Waals surface area contributed by atoms with Crippen LogP contribution in [0.15, 0.2) is 84.9 Å². The number of hydrogen-bond donors (Lipinski definition) is 2. The van der Waals surface area contributed by atoms with Gasteiger partial charge in [0, 0.05) is 21.8 Å². The Labute approximate surface area is 201 Å². The molecule has 5 aromatic rings. The summed E-state index contributed by atoms with van der Waals surface area (Å²) in [6, 6.07) is 26.6. The number of carbonyl (C=O) groups excluding carboxylic acids is 1. The van der Waals surface area contributed by atoms with Gasteiger partial charge in [0.05, 0.1) is 16.1 Å². The van der Waals surface area contributed by atoms with E-state index in [1.54, 1.807) is 12.1 Å². The molecule has 4 aromatic carbocycles. The topological polar surface area (TPSA) is 57.8 Å². The Bertz CT molecular complexity index is 1460. The summed E-state index contributed by atoms with van der Waals surface area (Å²) in [5.74, 6) is 0.467. The Morgan fingerprint density at radius 1 is 0.879 bits per heavy atom. The highest BCUT2D eigenvalue weighted by atomic mass is 35.5. The van der Waals surface area contributed by atoms with Gasteiger partial charge in [-0.05, 0) is 72.1 Å². The fourth-order valence-corrected chi connectivity index (χ4v) is 4.14. The second-order valence-electron chi connectivity index (χ2n) is 7.79. The van der Waals surface area contributed by atoms with Crippen LogP contribution in [-0.2, 0) is 0 Å². The van der Waals surface area contributed by atoms with Crippen molar-refractivity contribution in [2.45, 2.75) is 6.92 Å². The number of amides is 1. The maximum Gasteiger partial charge on any atom is 0.255 e. The summed E-state index contributed by atoms with van der Waals surface area (Å²) in [6.45, 7) is 1.93. The number of H-pyrrole nitrogens is 1. The SMILES string of the molecule is Cc1cc(-c2ccc(Cl)cc2)ccc1C(=O)Nc1ccc(Cl)c(-c2nc3ccccc3[nH]2)c1. The third-order valence-corrected chi connectivity index (χ3v) is 6.10. The molecule has 0 aliphatic rings. The van der Waals surface area contributed by atoms with E-state index in [9.17, 15) is 4.79 Å². The number of aromatic nitrogens is 2. The van der Waals surface area contributed by atoms with E-state index in [2.05, 4.69) is 15.3 Å². The van der Waals surface area contributed by atoms with Crippen LogP contribution in [0.5, 0.6) is 0 Å². The number of nitrogens with one attached hydrogen (secondary N) is 2. The first-order valence-corrected chi connectivity index (χ1v) is 11.2. The molecule has 1 heterocycles. The maximum absolute atomic E-state index is 13.0. The van der Waals surface area contributed by atoms with Crippen molar-refractivity contribution in [3.63, 3.8) is 0 Å². The van der Waals surface area contributed by atoms with Crippen molar-refractivity contribution in [1.29, 1.82) is 0 Å². The standard InChI is InChI=1S/C27H19Cl2N3O/c1-16-14-18(17-6-9-19(28)10-7-17)8-12-21(16)27(33)30-20-11-13-23(29)22(15-20)26-31-24-4-2-3-5-25(24)32-26/h2-15H,1H3,(H,30,33)(H,31,32). The molecule has 0 saturated heterocycles. The second kappa shape index (κ2) is 8.74. The van der Waals surface area contributed by atoms with Crippen LogP contribution < -0.4 is 5.32 Å². The zero-order valence-electron chi connectivity index (χ0n) is 17.7. The van der Waals surface area contributed by atoms with Gasteiger partial charge in [0.15, 0.2) is 0 Å². The third-order valence-electron chi connectivity index (χ3n) is 5.52. The van der Waals surface area contributed by atoms with E-state index in [0.717, 1.165) is 33.3 Å². The molecule has 0 radical (unpaired) electrons. The quantitative estimate of drug-likeness (QED) is 0.281. The van der Waals surface area contributed by atoms with Gasteiger partial charge in [0.25, 0.3) is 5.91 Å². The molecule has 0 aliphatic carbocycles. The lowest BCUT2D eigenvalue weighted by Crippen LogP contribution is -2.13. The lowest BCUT2D eigenvalue weighted by molar-refractivity contribution is 0.102. The molecule has 1 aromatic heterocycles. The zero-order chi connectivity index (χ0) is 22.9. The summed E-state index contributed by atoms with van der Waals surface area (Å²) < 4.78 is 0. The van der Waals surface area contributed by atoms with Crippen LogP contribution in [0, 0.1) is 6.92 Å². The van der Waals surface area contributed by atoms with E-state index in [4.69, 9.17) is 23.2 Å². The molecule has 6 heteroatoms. The van der Waals surface area contributed by atoms with Crippen LogP contribution in [0.4, 0.5) is 5.69 Å². The predicted octanol–water partition coefficient (Wildman–Crippen LogP) is 7.76. The zero-order valence-corrected chi connectivity index (χ0v) is 19.2. The summed E-state index contributed by atoms with van der Waals surface area (Å²) in [6.07, 6.45) is 0. The number of benzene rings is 4. The molecule has 1 amide bonds. The number of imidazole rings is 1. The van der Waals surface area contributed by atoms with Crippen LogP contribution in [-0.4, -0.2) is 15.9 Å². The first-order valence-electron chi connectivity index (χ1n) is 10.4.